The molecule has 114 valence electrons. The molecular weight excluding hydrogens is 301 g/mol. The van der Waals surface area contributed by atoms with Gasteiger partial charge in [0.15, 0.2) is 0 Å². The Hall–Kier alpha value is -1.41. The van der Waals surface area contributed by atoms with Gasteiger partial charge in [-0.25, -0.2) is 4.79 Å². The number of alkyl carbamates (subject to hydrolysis) is 1. The van der Waals surface area contributed by atoms with Crippen LogP contribution in [0.5, 0.6) is 0 Å². The van der Waals surface area contributed by atoms with Gasteiger partial charge in [0.25, 0.3) is 0 Å². The minimum absolute atomic E-state index is 0. The molecule has 0 aliphatic rings. The summed E-state index contributed by atoms with van der Waals surface area (Å²) in [6.07, 6.45) is -1.39. The Morgan fingerprint density at radius 1 is 1.05 bits per heavy atom. The van der Waals surface area contributed by atoms with E-state index in [1.807, 2.05) is 30.3 Å². The van der Waals surface area contributed by atoms with Crippen molar-refractivity contribution in [3.63, 3.8) is 0 Å². The molecular formula is C14H16NNaO6. The summed E-state index contributed by atoms with van der Waals surface area (Å²) < 4.78 is 8.96. The molecule has 0 heterocycles. The zero-order valence-electron chi connectivity index (χ0n) is 12.4. The van der Waals surface area contributed by atoms with E-state index in [0.717, 1.165) is 5.56 Å². The van der Waals surface area contributed by atoms with Crippen LogP contribution in [0, 0.1) is 0 Å². The predicted molar refractivity (Wildman–Crippen MR) is 69.8 cm³/mol. The van der Waals surface area contributed by atoms with Crippen LogP contribution in [0.3, 0.4) is 0 Å². The standard InChI is InChI=1S/C14H16NO6.Na/c16-8-9-20-12(17)6-7-13(18)21-14(19)15-10-11-4-2-1-3-5-11;/h1-5H,6-10H2,(H,15,19);/q-1;+1. The maximum absolute atomic E-state index is 11.3. The van der Waals surface area contributed by atoms with E-state index in [0.29, 0.717) is 0 Å². The van der Waals surface area contributed by atoms with Gasteiger partial charge in [0.2, 0.25) is 0 Å². The van der Waals surface area contributed by atoms with Gasteiger partial charge in [0.1, 0.15) is 0 Å². The van der Waals surface area contributed by atoms with Crippen molar-refractivity contribution in [2.24, 2.45) is 0 Å². The third-order valence-corrected chi connectivity index (χ3v) is 2.37. The zero-order chi connectivity index (χ0) is 15.5. The van der Waals surface area contributed by atoms with Crippen molar-refractivity contribution in [2.45, 2.75) is 19.4 Å². The fourth-order valence-electron chi connectivity index (χ4n) is 1.39. The molecule has 22 heavy (non-hydrogen) atoms. The molecule has 0 saturated heterocycles. The first kappa shape index (κ1) is 20.6. The Labute approximate surface area is 150 Å². The van der Waals surface area contributed by atoms with Gasteiger partial charge in [0.05, 0.1) is 19.4 Å². The van der Waals surface area contributed by atoms with E-state index in [9.17, 15) is 19.5 Å². The molecule has 0 fully saturated rings. The number of carbonyl (C=O) groups is 3. The van der Waals surface area contributed by atoms with Gasteiger partial charge in [-0.05, 0) is 5.56 Å². The molecule has 7 nitrogen and oxygen atoms in total. The van der Waals surface area contributed by atoms with Crippen molar-refractivity contribution in [1.29, 1.82) is 0 Å². The topological polar surface area (TPSA) is 105 Å². The number of carbonyl (C=O) groups excluding carboxylic acids is 3. The molecule has 1 aromatic rings. The van der Waals surface area contributed by atoms with Gasteiger partial charge in [-0.3, -0.25) is 9.59 Å². The number of esters is 2. The second-order valence-electron chi connectivity index (χ2n) is 4.03. The average Bonchev–Trinajstić information content (AvgIpc) is 2.50. The molecule has 1 rings (SSSR count). The van der Waals surface area contributed by atoms with Crippen LogP contribution < -0.4 is 40.0 Å². The van der Waals surface area contributed by atoms with Gasteiger partial charge in [-0.1, -0.05) is 30.3 Å². The SMILES string of the molecule is O=C(CCC(=O)OC(=O)NCc1ccccc1)OCC[O-].[Na+]. The van der Waals surface area contributed by atoms with Crippen LogP contribution in [0.2, 0.25) is 0 Å². The smallest absolute Gasteiger partial charge is 0.852 e. The van der Waals surface area contributed by atoms with Crippen molar-refractivity contribution >= 4 is 18.0 Å². The van der Waals surface area contributed by atoms with Gasteiger partial charge in [0, 0.05) is 6.54 Å². The Morgan fingerprint density at radius 3 is 2.32 bits per heavy atom. The van der Waals surface area contributed by atoms with E-state index >= 15 is 0 Å². The Balaban J connectivity index is 0.00000441. The molecule has 0 aliphatic carbocycles. The molecule has 0 atom stereocenters. The fourth-order valence-corrected chi connectivity index (χ4v) is 1.39. The van der Waals surface area contributed by atoms with E-state index in [2.05, 4.69) is 14.8 Å². The van der Waals surface area contributed by atoms with Crippen LogP contribution in [0.15, 0.2) is 30.3 Å². The number of benzene rings is 1. The number of hydrogen-bond acceptors (Lipinski definition) is 6. The molecule has 0 aliphatic heterocycles. The summed E-state index contributed by atoms with van der Waals surface area (Å²) in [6, 6.07) is 9.11. The third kappa shape index (κ3) is 9.51. The molecule has 0 bridgehead atoms. The van der Waals surface area contributed by atoms with E-state index in [1.165, 1.54) is 0 Å². The van der Waals surface area contributed by atoms with Crippen LogP contribution in [0.1, 0.15) is 18.4 Å². The van der Waals surface area contributed by atoms with Crippen molar-refractivity contribution in [3.8, 4) is 0 Å². The minimum atomic E-state index is -0.878. The summed E-state index contributed by atoms with van der Waals surface area (Å²) in [5.41, 5.74) is 0.864. The molecule has 0 saturated carbocycles. The number of amides is 1. The van der Waals surface area contributed by atoms with Gasteiger partial charge in [-0.15, -0.1) is 6.61 Å². The van der Waals surface area contributed by atoms with Crippen LogP contribution in [-0.4, -0.2) is 31.2 Å². The van der Waals surface area contributed by atoms with Crippen LogP contribution in [0.4, 0.5) is 4.79 Å². The van der Waals surface area contributed by atoms with Gasteiger partial charge in [-0.2, -0.15) is 0 Å². The first-order chi connectivity index (χ1) is 10.1. The summed E-state index contributed by atoms with van der Waals surface area (Å²) in [6.45, 7) is -0.526. The summed E-state index contributed by atoms with van der Waals surface area (Å²) in [7, 11) is 0. The van der Waals surface area contributed by atoms with Crippen LogP contribution in [0.25, 0.3) is 0 Å². The van der Waals surface area contributed by atoms with Crippen molar-refractivity contribution < 1.29 is 58.5 Å². The number of nitrogens with one attached hydrogen (secondary N) is 1. The first-order valence-corrected chi connectivity index (χ1v) is 6.38. The summed E-state index contributed by atoms with van der Waals surface area (Å²) >= 11 is 0. The number of ether oxygens (including phenoxy) is 2. The van der Waals surface area contributed by atoms with Crippen LogP contribution in [-0.2, 0) is 25.6 Å². The van der Waals surface area contributed by atoms with E-state index in [-0.39, 0.29) is 55.6 Å². The van der Waals surface area contributed by atoms with E-state index < -0.39 is 24.6 Å². The third-order valence-electron chi connectivity index (χ3n) is 2.37. The maximum Gasteiger partial charge on any atom is 1.00 e. The Bertz CT molecular complexity index is 479. The molecule has 0 radical (unpaired) electrons. The quantitative estimate of drug-likeness (QED) is 0.329. The maximum atomic E-state index is 11.3. The molecule has 0 aromatic heterocycles. The number of hydrogen-bond donors (Lipinski definition) is 1. The van der Waals surface area contributed by atoms with Crippen LogP contribution >= 0.6 is 0 Å². The summed E-state index contributed by atoms with van der Waals surface area (Å²) in [4.78, 5) is 33.7. The summed E-state index contributed by atoms with van der Waals surface area (Å²) in [5, 5.41) is 12.5. The monoisotopic (exact) mass is 317 g/mol. The normalized spacial score (nSPS) is 9.32. The molecule has 1 amide bonds. The minimum Gasteiger partial charge on any atom is -0.852 e. The van der Waals surface area contributed by atoms with E-state index in [1.54, 1.807) is 0 Å². The molecule has 1 N–H and O–H groups in total. The fraction of sp³-hybridized carbons (Fsp3) is 0.357. The van der Waals surface area contributed by atoms with Gasteiger partial charge >= 0.3 is 47.6 Å². The molecule has 8 heteroatoms. The molecule has 0 unspecified atom stereocenters. The first-order valence-electron chi connectivity index (χ1n) is 6.38. The molecule has 0 spiro atoms. The van der Waals surface area contributed by atoms with Crippen molar-refractivity contribution in [2.75, 3.05) is 13.2 Å². The Morgan fingerprint density at radius 2 is 1.68 bits per heavy atom. The average molecular weight is 317 g/mol. The largest absolute Gasteiger partial charge is 1.00 e. The zero-order valence-corrected chi connectivity index (χ0v) is 14.4. The van der Waals surface area contributed by atoms with Crippen molar-refractivity contribution in [3.05, 3.63) is 35.9 Å². The second-order valence-corrected chi connectivity index (χ2v) is 4.03. The number of rotatable bonds is 7. The van der Waals surface area contributed by atoms with E-state index in [4.69, 9.17) is 0 Å². The van der Waals surface area contributed by atoms with Crippen molar-refractivity contribution in [1.82, 2.24) is 5.32 Å². The predicted octanol–water partition coefficient (Wildman–Crippen LogP) is -2.87. The van der Waals surface area contributed by atoms with Gasteiger partial charge < -0.3 is 19.9 Å². The Kier molecular flexibility index (Phi) is 11.4. The molecule has 1 aromatic carbocycles. The summed E-state index contributed by atoms with van der Waals surface area (Å²) in [5.74, 6) is -1.51. The second kappa shape index (κ2) is 12.2.